The molecule has 0 radical (unpaired) electrons. The van der Waals surface area contributed by atoms with Gasteiger partial charge in [-0.05, 0) is 12.8 Å². The van der Waals surface area contributed by atoms with Crippen molar-refractivity contribution in [2.24, 2.45) is 0 Å². The Morgan fingerprint density at radius 2 is 0.861 bits per heavy atom. The Morgan fingerprint density at radius 3 is 1.22 bits per heavy atom. The maximum absolute atomic E-state index is 12.0. The minimum absolute atomic E-state index is 0.0583. The van der Waals surface area contributed by atoms with Gasteiger partial charge < -0.3 is 14.6 Å². The van der Waals surface area contributed by atoms with Crippen LogP contribution in [0.2, 0.25) is 0 Å². The predicted octanol–water partition coefficient (Wildman–Crippen LogP) is 8.84. The van der Waals surface area contributed by atoms with Crippen LogP contribution >= 0.6 is 0 Å². The minimum Gasteiger partial charge on any atom is -0.462 e. The van der Waals surface area contributed by atoms with Crippen molar-refractivity contribution in [3.8, 4) is 0 Å². The van der Waals surface area contributed by atoms with Gasteiger partial charge in [-0.2, -0.15) is 0 Å². The highest BCUT2D eigenvalue weighted by Crippen LogP contribution is 2.14. The molecule has 0 aromatic rings. The maximum Gasteiger partial charge on any atom is 0.306 e. The Balaban J connectivity index is 3.55. The van der Waals surface area contributed by atoms with Gasteiger partial charge in [0.15, 0.2) is 6.10 Å². The molecule has 0 saturated carbocycles. The van der Waals surface area contributed by atoms with Gasteiger partial charge in [-0.1, -0.05) is 142 Å². The van der Waals surface area contributed by atoms with Crippen LogP contribution in [0.1, 0.15) is 168 Å². The summed E-state index contributed by atoms with van der Waals surface area (Å²) in [5, 5.41) is 9.45. The van der Waals surface area contributed by atoms with Gasteiger partial charge in [0.1, 0.15) is 6.61 Å². The Kier molecular flexibility index (Phi) is 27.6. The average Bonchev–Trinajstić information content (AvgIpc) is 2.88. The van der Waals surface area contributed by atoms with Gasteiger partial charge >= 0.3 is 11.9 Å². The monoisotopic (exact) mass is 512 g/mol. The fourth-order valence-electron chi connectivity index (χ4n) is 4.49. The molecule has 214 valence electrons. The van der Waals surface area contributed by atoms with Crippen LogP contribution in [0.5, 0.6) is 0 Å². The molecule has 0 aliphatic carbocycles. The lowest BCUT2D eigenvalue weighted by molar-refractivity contribution is -0.161. The number of unbranched alkanes of at least 4 members (excludes halogenated alkanes) is 20. The zero-order chi connectivity index (χ0) is 26.5. The molecule has 0 rings (SSSR count). The van der Waals surface area contributed by atoms with Crippen molar-refractivity contribution in [2.45, 2.75) is 174 Å². The summed E-state index contributed by atoms with van der Waals surface area (Å²) in [6.07, 6.45) is 27.2. The number of carbonyl (C=O) groups is 2. The predicted molar refractivity (Wildman–Crippen MR) is 150 cm³/mol. The first-order chi connectivity index (χ1) is 17.6. The largest absolute Gasteiger partial charge is 0.462 e. The van der Waals surface area contributed by atoms with Gasteiger partial charge in [0.05, 0.1) is 6.61 Å². The topological polar surface area (TPSA) is 72.8 Å². The van der Waals surface area contributed by atoms with Crippen LogP contribution in [-0.2, 0) is 19.1 Å². The van der Waals surface area contributed by atoms with E-state index in [2.05, 4.69) is 13.8 Å². The number of carbonyl (C=O) groups excluding carboxylic acids is 2. The average molecular weight is 513 g/mol. The molecule has 0 fully saturated rings. The Labute approximate surface area is 223 Å². The highest BCUT2D eigenvalue weighted by Gasteiger charge is 2.16. The summed E-state index contributed by atoms with van der Waals surface area (Å²) in [5.41, 5.74) is 0. The maximum atomic E-state index is 12.0. The van der Waals surface area contributed by atoms with Crippen LogP contribution in [0.25, 0.3) is 0 Å². The third kappa shape index (κ3) is 26.0. The molecule has 0 saturated heterocycles. The first-order valence-corrected chi connectivity index (χ1v) is 15.6. The number of esters is 2. The van der Waals surface area contributed by atoms with E-state index in [-0.39, 0.29) is 25.2 Å². The number of hydrogen-bond donors (Lipinski definition) is 1. The van der Waals surface area contributed by atoms with Crippen molar-refractivity contribution in [1.82, 2.24) is 0 Å². The highest BCUT2D eigenvalue weighted by atomic mass is 16.6. The van der Waals surface area contributed by atoms with E-state index in [1.807, 2.05) is 0 Å². The molecule has 36 heavy (non-hydrogen) atoms. The van der Waals surface area contributed by atoms with Gasteiger partial charge in [0, 0.05) is 12.8 Å². The van der Waals surface area contributed by atoms with Crippen LogP contribution in [0.4, 0.5) is 0 Å². The molecule has 0 aromatic heterocycles. The van der Waals surface area contributed by atoms with E-state index >= 15 is 0 Å². The molecule has 0 spiro atoms. The van der Waals surface area contributed by atoms with E-state index in [1.54, 1.807) is 0 Å². The number of ether oxygens (including phenoxy) is 2. The van der Waals surface area contributed by atoms with Gasteiger partial charge in [-0.15, -0.1) is 0 Å². The van der Waals surface area contributed by atoms with Gasteiger partial charge in [0.2, 0.25) is 0 Å². The summed E-state index contributed by atoms with van der Waals surface area (Å²) < 4.78 is 10.5. The number of aliphatic hydroxyl groups is 1. The number of aliphatic hydroxyl groups excluding tert-OH is 1. The van der Waals surface area contributed by atoms with Crippen molar-refractivity contribution < 1.29 is 24.2 Å². The van der Waals surface area contributed by atoms with E-state index in [9.17, 15) is 14.7 Å². The second-order valence-electron chi connectivity index (χ2n) is 10.5. The second-order valence-corrected chi connectivity index (χ2v) is 10.5. The summed E-state index contributed by atoms with van der Waals surface area (Å²) in [5.74, 6) is -0.587. The Hall–Kier alpha value is -1.10. The fourth-order valence-corrected chi connectivity index (χ4v) is 4.49. The lowest BCUT2D eigenvalue weighted by atomic mass is 10.0. The molecular formula is C31H60O5. The standard InChI is InChI=1S/C31H60O5/c1-3-5-7-9-11-13-14-15-16-18-19-21-23-25-30(33)35-28-29(27-32)36-31(34)26-24-22-20-17-12-10-8-6-4-2/h29,32H,3-28H2,1-2H3/t29-/m1/s1. The molecule has 0 aliphatic heterocycles. The van der Waals surface area contributed by atoms with Crippen LogP contribution < -0.4 is 0 Å². The van der Waals surface area contributed by atoms with Gasteiger partial charge in [-0.25, -0.2) is 0 Å². The molecular weight excluding hydrogens is 452 g/mol. The Morgan fingerprint density at radius 1 is 0.528 bits per heavy atom. The molecule has 5 nitrogen and oxygen atoms in total. The first-order valence-electron chi connectivity index (χ1n) is 15.6. The van der Waals surface area contributed by atoms with Crippen molar-refractivity contribution in [3.05, 3.63) is 0 Å². The smallest absolute Gasteiger partial charge is 0.306 e. The molecule has 0 amide bonds. The molecule has 0 aliphatic rings. The van der Waals surface area contributed by atoms with Gasteiger partial charge in [-0.3, -0.25) is 9.59 Å². The SMILES string of the molecule is CCCCCCCCCCCCCCCC(=O)OC[C@@H](CO)OC(=O)CCCCCCCCCCC. The van der Waals surface area contributed by atoms with Crippen LogP contribution in [0.15, 0.2) is 0 Å². The molecule has 1 atom stereocenters. The van der Waals surface area contributed by atoms with E-state index in [1.165, 1.54) is 109 Å². The number of hydrogen-bond acceptors (Lipinski definition) is 5. The first kappa shape index (κ1) is 34.9. The third-order valence-electron chi connectivity index (χ3n) is 6.90. The lowest BCUT2D eigenvalue weighted by Gasteiger charge is -2.15. The quantitative estimate of drug-likeness (QED) is 0.0837. The minimum atomic E-state index is -0.758. The van der Waals surface area contributed by atoms with E-state index in [4.69, 9.17) is 9.47 Å². The molecule has 0 heterocycles. The molecule has 0 bridgehead atoms. The molecule has 0 aromatic carbocycles. The highest BCUT2D eigenvalue weighted by molar-refractivity contribution is 5.70. The summed E-state index contributed by atoms with van der Waals surface area (Å²) in [7, 11) is 0. The van der Waals surface area contributed by atoms with Gasteiger partial charge in [0.25, 0.3) is 0 Å². The summed E-state index contributed by atoms with van der Waals surface area (Å²) >= 11 is 0. The Bertz CT molecular complexity index is 480. The molecule has 1 N–H and O–H groups in total. The molecule has 0 unspecified atom stereocenters. The van der Waals surface area contributed by atoms with Crippen molar-refractivity contribution in [1.29, 1.82) is 0 Å². The third-order valence-corrected chi connectivity index (χ3v) is 6.90. The summed E-state index contributed by atoms with van der Waals surface area (Å²) in [4.78, 5) is 24.0. The fraction of sp³-hybridized carbons (Fsp3) is 0.935. The van der Waals surface area contributed by atoms with E-state index in [0.717, 1.165) is 32.1 Å². The van der Waals surface area contributed by atoms with Crippen LogP contribution in [0, 0.1) is 0 Å². The summed E-state index contributed by atoms with van der Waals surface area (Å²) in [6, 6.07) is 0. The van der Waals surface area contributed by atoms with Crippen molar-refractivity contribution in [2.75, 3.05) is 13.2 Å². The zero-order valence-corrected chi connectivity index (χ0v) is 24.0. The van der Waals surface area contributed by atoms with Crippen LogP contribution in [0.3, 0.4) is 0 Å². The van der Waals surface area contributed by atoms with Crippen molar-refractivity contribution >= 4 is 11.9 Å². The zero-order valence-electron chi connectivity index (χ0n) is 24.0. The summed E-state index contributed by atoms with van der Waals surface area (Å²) in [6.45, 7) is 4.10. The van der Waals surface area contributed by atoms with E-state index < -0.39 is 6.10 Å². The molecule has 5 heteroatoms. The van der Waals surface area contributed by atoms with Crippen molar-refractivity contribution in [3.63, 3.8) is 0 Å². The normalized spacial score (nSPS) is 12.0. The second kappa shape index (κ2) is 28.5. The van der Waals surface area contributed by atoms with E-state index in [0.29, 0.717) is 12.8 Å². The number of rotatable bonds is 28. The lowest BCUT2D eigenvalue weighted by Crippen LogP contribution is -2.28. The van der Waals surface area contributed by atoms with Crippen LogP contribution in [-0.4, -0.2) is 36.4 Å².